The standard InChI is InChI=1S/C21H21N3O4S/c1-11-5-4-8-24-16(25)9-15(22-18(11)24)10-28-21(27)17-12(2)13(3)29-20(17)23-19(26)14-6-7-14/h4-5,8-9,14H,6-7,10H2,1-3H3,(H,23,26). The van der Waals surface area contributed by atoms with Gasteiger partial charge in [-0.15, -0.1) is 11.3 Å². The van der Waals surface area contributed by atoms with Crippen LogP contribution < -0.4 is 10.9 Å². The molecule has 1 fully saturated rings. The highest BCUT2D eigenvalue weighted by Gasteiger charge is 2.31. The number of ether oxygens (including phenoxy) is 1. The second-order valence-corrected chi connectivity index (χ2v) is 8.52. The Kier molecular flexibility index (Phi) is 4.96. The van der Waals surface area contributed by atoms with Crippen LogP contribution in [0.5, 0.6) is 0 Å². The van der Waals surface area contributed by atoms with E-state index in [0.29, 0.717) is 21.9 Å². The minimum atomic E-state index is -0.537. The second kappa shape index (κ2) is 7.44. The van der Waals surface area contributed by atoms with Crippen LogP contribution >= 0.6 is 11.3 Å². The Morgan fingerprint density at radius 2 is 2.07 bits per heavy atom. The molecular weight excluding hydrogens is 390 g/mol. The molecule has 1 aliphatic rings. The highest BCUT2D eigenvalue weighted by atomic mass is 32.1. The molecule has 4 rings (SSSR count). The predicted molar refractivity (Wildman–Crippen MR) is 110 cm³/mol. The van der Waals surface area contributed by atoms with Crippen LogP contribution in [0.3, 0.4) is 0 Å². The lowest BCUT2D eigenvalue weighted by Gasteiger charge is -2.09. The number of nitrogens with zero attached hydrogens (tertiary/aromatic N) is 2. The average molecular weight is 411 g/mol. The highest BCUT2D eigenvalue weighted by molar-refractivity contribution is 7.16. The highest BCUT2D eigenvalue weighted by Crippen LogP contribution is 2.36. The van der Waals surface area contributed by atoms with Crippen molar-refractivity contribution in [3.63, 3.8) is 0 Å². The van der Waals surface area contributed by atoms with Gasteiger partial charge in [0.2, 0.25) is 5.91 Å². The Morgan fingerprint density at radius 3 is 2.79 bits per heavy atom. The first-order chi connectivity index (χ1) is 13.8. The van der Waals surface area contributed by atoms with E-state index in [0.717, 1.165) is 28.8 Å². The SMILES string of the molecule is Cc1sc(NC(=O)C2CC2)c(C(=O)OCc2cc(=O)n3cccc(C)c3n2)c1C. The molecule has 0 saturated heterocycles. The van der Waals surface area contributed by atoms with E-state index < -0.39 is 5.97 Å². The average Bonchev–Trinajstić information content (AvgIpc) is 3.48. The lowest BCUT2D eigenvalue weighted by molar-refractivity contribution is -0.117. The minimum absolute atomic E-state index is 0.0413. The van der Waals surface area contributed by atoms with Crippen molar-refractivity contribution in [1.29, 1.82) is 0 Å². The zero-order chi connectivity index (χ0) is 20.7. The molecular formula is C21H21N3O4S. The first-order valence-corrected chi connectivity index (χ1v) is 10.2. The summed E-state index contributed by atoms with van der Waals surface area (Å²) in [5.41, 5.74) is 2.69. The van der Waals surface area contributed by atoms with Crippen LogP contribution in [0.2, 0.25) is 0 Å². The molecule has 3 aromatic rings. The Labute approximate surface area is 171 Å². The van der Waals surface area contributed by atoms with Crippen molar-refractivity contribution in [2.75, 3.05) is 5.32 Å². The van der Waals surface area contributed by atoms with Gasteiger partial charge in [-0.2, -0.15) is 0 Å². The number of carbonyl (C=O) groups excluding carboxylic acids is 2. The third-order valence-electron chi connectivity index (χ3n) is 5.06. The van der Waals surface area contributed by atoms with Crippen LogP contribution in [-0.4, -0.2) is 21.3 Å². The maximum Gasteiger partial charge on any atom is 0.341 e. The number of nitrogens with one attached hydrogen (secondary N) is 1. The molecule has 1 amide bonds. The van der Waals surface area contributed by atoms with E-state index >= 15 is 0 Å². The molecule has 0 radical (unpaired) electrons. The van der Waals surface area contributed by atoms with Gasteiger partial charge in [0.1, 0.15) is 17.3 Å². The summed E-state index contributed by atoms with van der Waals surface area (Å²) < 4.78 is 6.91. The summed E-state index contributed by atoms with van der Waals surface area (Å²) in [6, 6.07) is 5.01. The van der Waals surface area contributed by atoms with E-state index in [2.05, 4.69) is 10.3 Å². The van der Waals surface area contributed by atoms with Gasteiger partial charge in [-0.25, -0.2) is 9.78 Å². The van der Waals surface area contributed by atoms with E-state index in [1.165, 1.54) is 21.8 Å². The quantitative estimate of drug-likeness (QED) is 0.650. The fourth-order valence-corrected chi connectivity index (χ4v) is 4.17. The first kappa shape index (κ1) is 19.3. The van der Waals surface area contributed by atoms with Gasteiger partial charge < -0.3 is 10.1 Å². The van der Waals surface area contributed by atoms with Gasteiger partial charge in [0.25, 0.3) is 5.56 Å². The molecule has 1 saturated carbocycles. The number of thiophene rings is 1. The maximum atomic E-state index is 12.8. The number of rotatable bonds is 5. The van der Waals surface area contributed by atoms with E-state index in [9.17, 15) is 14.4 Å². The Bertz CT molecular complexity index is 1190. The largest absolute Gasteiger partial charge is 0.455 e. The molecule has 3 heterocycles. The number of pyridine rings is 1. The smallest absolute Gasteiger partial charge is 0.341 e. The van der Waals surface area contributed by atoms with Crippen LogP contribution in [0.1, 0.15) is 44.9 Å². The van der Waals surface area contributed by atoms with Crippen LogP contribution in [0, 0.1) is 26.7 Å². The molecule has 3 aromatic heterocycles. The number of aryl methyl sites for hydroxylation is 2. The number of hydrogen-bond acceptors (Lipinski definition) is 6. The van der Waals surface area contributed by atoms with Gasteiger partial charge in [0.15, 0.2) is 0 Å². The molecule has 0 spiro atoms. The summed E-state index contributed by atoms with van der Waals surface area (Å²) in [7, 11) is 0. The third-order valence-corrected chi connectivity index (χ3v) is 6.19. The maximum absolute atomic E-state index is 12.8. The number of aromatic nitrogens is 2. The molecule has 8 heteroatoms. The zero-order valence-corrected chi connectivity index (χ0v) is 17.3. The molecule has 150 valence electrons. The normalized spacial score (nSPS) is 13.5. The molecule has 1 N–H and O–H groups in total. The van der Waals surface area contributed by atoms with E-state index in [-0.39, 0.29) is 24.0 Å². The van der Waals surface area contributed by atoms with Crippen molar-refractivity contribution in [2.24, 2.45) is 5.92 Å². The van der Waals surface area contributed by atoms with E-state index in [1.54, 1.807) is 12.3 Å². The van der Waals surface area contributed by atoms with Crippen molar-refractivity contribution in [1.82, 2.24) is 9.38 Å². The van der Waals surface area contributed by atoms with Gasteiger partial charge in [0.05, 0.1) is 11.3 Å². The number of fused-ring (bicyclic) bond motifs is 1. The molecule has 0 aliphatic heterocycles. The molecule has 0 aromatic carbocycles. The van der Waals surface area contributed by atoms with Crippen LogP contribution in [-0.2, 0) is 16.1 Å². The zero-order valence-electron chi connectivity index (χ0n) is 16.4. The number of amides is 1. The summed E-state index contributed by atoms with van der Waals surface area (Å²) in [6.45, 7) is 5.48. The molecule has 0 atom stereocenters. The summed E-state index contributed by atoms with van der Waals surface area (Å²) in [6.07, 6.45) is 3.43. The molecule has 0 bridgehead atoms. The van der Waals surface area contributed by atoms with Crippen LogP contribution in [0.25, 0.3) is 5.65 Å². The minimum Gasteiger partial charge on any atom is -0.455 e. The summed E-state index contributed by atoms with van der Waals surface area (Å²) in [5.74, 6) is -0.552. The van der Waals surface area contributed by atoms with Gasteiger partial charge in [-0.05, 0) is 50.8 Å². The van der Waals surface area contributed by atoms with Crippen LogP contribution in [0.4, 0.5) is 5.00 Å². The lowest BCUT2D eigenvalue weighted by atomic mass is 10.1. The number of esters is 1. The van der Waals surface area contributed by atoms with Crippen molar-refractivity contribution < 1.29 is 14.3 Å². The van der Waals surface area contributed by atoms with Crippen molar-refractivity contribution in [2.45, 2.75) is 40.2 Å². The van der Waals surface area contributed by atoms with Gasteiger partial charge in [-0.1, -0.05) is 6.07 Å². The molecule has 1 aliphatic carbocycles. The summed E-state index contributed by atoms with van der Waals surface area (Å²) in [5, 5.41) is 3.38. The monoisotopic (exact) mass is 411 g/mol. The fraction of sp³-hybridized carbons (Fsp3) is 0.333. The predicted octanol–water partition coefficient (Wildman–Crippen LogP) is 3.39. The molecule has 0 unspecified atom stereocenters. The first-order valence-electron chi connectivity index (χ1n) is 9.41. The number of hydrogen-bond donors (Lipinski definition) is 1. The topological polar surface area (TPSA) is 89.8 Å². The second-order valence-electron chi connectivity index (χ2n) is 7.30. The molecule has 7 nitrogen and oxygen atoms in total. The fourth-order valence-electron chi connectivity index (χ4n) is 3.11. The Balaban J connectivity index is 1.56. The lowest BCUT2D eigenvalue weighted by Crippen LogP contribution is -2.18. The van der Waals surface area contributed by atoms with Crippen molar-refractivity contribution in [3.8, 4) is 0 Å². The van der Waals surface area contributed by atoms with E-state index in [4.69, 9.17) is 4.74 Å². The third kappa shape index (κ3) is 3.80. The van der Waals surface area contributed by atoms with Crippen LogP contribution in [0.15, 0.2) is 29.2 Å². The summed E-state index contributed by atoms with van der Waals surface area (Å²) >= 11 is 1.37. The van der Waals surface area contributed by atoms with Gasteiger partial charge in [-0.3, -0.25) is 14.0 Å². The Morgan fingerprint density at radius 1 is 1.31 bits per heavy atom. The van der Waals surface area contributed by atoms with Crippen molar-refractivity contribution >= 4 is 33.9 Å². The number of anilines is 1. The van der Waals surface area contributed by atoms with Gasteiger partial charge in [0, 0.05) is 23.1 Å². The van der Waals surface area contributed by atoms with Crippen molar-refractivity contribution in [3.05, 3.63) is 62.0 Å². The Hall–Kier alpha value is -3.00. The number of carbonyl (C=O) groups is 2. The van der Waals surface area contributed by atoms with Gasteiger partial charge >= 0.3 is 5.97 Å². The van der Waals surface area contributed by atoms with E-state index in [1.807, 2.05) is 26.8 Å². The summed E-state index contributed by atoms with van der Waals surface area (Å²) in [4.78, 5) is 42.6. The molecule has 29 heavy (non-hydrogen) atoms.